The van der Waals surface area contributed by atoms with E-state index in [9.17, 15) is 14.4 Å². The molecule has 1 saturated carbocycles. The minimum atomic E-state index is -1.09. The number of amides is 2. The maximum absolute atomic E-state index is 13.6. The van der Waals surface area contributed by atoms with Gasteiger partial charge in [0.25, 0.3) is 5.91 Å². The van der Waals surface area contributed by atoms with E-state index in [1.165, 1.54) is 26.3 Å². The molecule has 0 radical (unpaired) electrons. The van der Waals surface area contributed by atoms with Crippen LogP contribution in [0.25, 0.3) is 0 Å². The lowest BCUT2D eigenvalue weighted by Gasteiger charge is -2.44. The molecule has 2 heterocycles. The molecule has 1 aliphatic heterocycles. The number of esters is 1. The van der Waals surface area contributed by atoms with E-state index in [1.807, 2.05) is 13.8 Å². The Kier molecular flexibility index (Phi) is 7.92. The maximum Gasteiger partial charge on any atom is 0.359 e. The van der Waals surface area contributed by atoms with Crippen molar-refractivity contribution in [2.45, 2.75) is 89.9 Å². The molecule has 1 aromatic rings. The Bertz CT molecular complexity index is 828. The second kappa shape index (κ2) is 10.5. The molecule has 0 spiro atoms. The van der Waals surface area contributed by atoms with E-state index in [0.717, 1.165) is 25.7 Å². The van der Waals surface area contributed by atoms with Gasteiger partial charge in [0.15, 0.2) is 5.69 Å². The van der Waals surface area contributed by atoms with Gasteiger partial charge in [0.2, 0.25) is 5.91 Å². The minimum absolute atomic E-state index is 0.0212. The van der Waals surface area contributed by atoms with E-state index in [1.54, 1.807) is 16.4 Å². The van der Waals surface area contributed by atoms with Crippen molar-refractivity contribution in [2.75, 3.05) is 20.3 Å². The molecule has 2 amide bonds. The van der Waals surface area contributed by atoms with E-state index in [4.69, 9.17) is 9.47 Å². The Morgan fingerprint density at radius 2 is 1.94 bits per heavy atom. The summed E-state index contributed by atoms with van der Waals surface area (Å²) in [5.41, 5.74) is -0.948. The third-order valence-electron chi connectivity index (χ3n) is 6.39. The number of aromatic nitrogens is 2. The van der Waals surface area contributed by atoms with Crippen LogP contribution < -0.4 is 5.32 Å². The summed E-state index contributed by atoms with van der Waals surface area (Å²) >= 11 is 0. The van der Waals surface area contributed by atoms with Crippen molar-refractivity contribution in [3.8, 4) is 0 Å². The van der Waals surface area contributed by atoms with Gasteiger partial charge >= 0.3 is 5.97 Å². The van der Waals surface area contributed by atoms with Crippen molar-refractivity contribution in [3.05, 3.63) is 17.7 Å². The van der Waals surface area contributed by atoms with Crippen LogP contribution in [-0.2, 0) is 20.8 Å². The Labute approximate surface area is 189 Å². The zero-order chi connectivity index (χ0) is 23.3. The summed E-state index contributed by atoms with van der Waals surface area (Å²) in [4.78, 5) is 44.9. The highest BCUT2D eigenvalue weighted by Gasteiger charge is 2.49. The minimum Gasteiger partial charge on any atom is -0.464 e. The first-order chi connectivity index (χ1) is 15.3. The van der Waals surface area contributed by atoms with Crippen molar-refractivity contribution < 1.29 is 23.9 Å². The van der Waals surface area contributed by atoms with Crippen molar-refractivity contribution >= 4 is 17.8 Å². The van der Waals surface area contributed by atoms with E-state index in [0.29, 0.717) is 19.6 Å². The SMILES string of the molecule is COC(=O)c1ncn2c1C(=O)N(CCCOC(C)C)[C@](C)(C(=O)NC1CCCCCC1)C2. The molecule has 0 unspecified atom stereocenters. The number of imidazole rings is 1. The zero-order valence-corrected chi connectivity index (χ0v) is 19.7. The first kappa shape index (κ1) is 24.2. The quantitative estimate of drug-likeness (QED) is 0.372. The fraction of sp³-hybridized carbons (Fsp3) is 0.739. The molecule has 1 aliphatic carbocycles. The number of ether oxygens (including phenoxy) is 2. The number of rotatable bonds is 8. The fourth-order valence-electron chi connectivity index (χ4n) is 4.59. The van der Waals surface area contributed by atoms with Gasteiger partial charge in [-0.15, -0.1) is 0 Å². The van der Waals surface area contributed by atoms with Crippen molar-refractivity contribution in [1.82, 2.24) is 19.8 Å². The van der Waals surface area contributed by atoms with Crippen LogP contribution in [-0.4, -0.2) is 70.2 Å². The summed E-state index contributed by atoms with van der Waals surface area (Å²) in [6, 6.07) is 0.123. The molecule has 1 aromatic heterocycles. The van der Waals surface area contributed by atoms with Gasteiger partial charge in [0.05, 0.1) is 26.1 Å². The van der Waals surface area contributed by atoms with Gasteiger partial charge in [-0.1, -0.05) is 25.7 Å². The number of hydrogen-bond donors (Lipinski definition) is 1. The van der Waals surface area contributed by atoms with E-state index < -0.39 is 17.4 Å². The highest BCUT2D eigenvalue weighted by molar-refractivity contribution is 6.06. The van der Waals surface area contributed by atoms with Crippen molar-refractivity contribution in [3.63, 3.8) is 0 Å². The topological polar surface area (TPSA) is 103 Å². The molecular formula is C23H36N4O5. The highest BCUT2D eigenvalue weighted by atomic mass is 16.5. The van der Waals surface area contributed by atoms with Gasteiger partial charge in [-0.25, -0.2) is 9.78 Å². The fourth-order valence-corrected chi connectivity index (χ4v) is 4.59. The number of hydrogen-bond acceptors (Lipinski definition) is 6. The summed E-state index contributed by atoms with van der Waals surface area (Å²) in [5.74, 6) is -1.22. The van der Waals surface area contributed by atoms with Crippen LogP contribution in [0.2, 0.25) is 0 Å². The molecule has 0 aromatic carbocycles. The van der Waals surface area contributed by atoms with Crippen LogP contribution in [0.3, 0.4) is 0 Å². The second-order valence-corrected chi connectivity index (χ2v) is 9.23. The van der Waals surface area contributed by atoms with Gasteiger partial charge in [0, 0.05) is 19.2 Å². The van der Waals surface area contributed by atoms with Crippen LogP contribution in [0.15, 0.2) is 6.33 Å². The summed E-state index contributed by atoms with van der Waals surface area (Å²) < 4.78 is 12.0. The largest absolute Gasteiger partial charge is 0.464 e. The van der Waals surface area contributed by atoms with Gasteiger partial charge < -0.3 is 24.3 Å². The molecule has 1 fully saturated rings. The van der Waals surface area contributed by atoms with Gasteiger partial charge in [0.1, 0.15) is 11.2 Å². The van der Waals surface area contributed by atoms with E-state index in [-0.39, 0.29) is 36.0 Å². The molecule has 3 rings (SSSR count). The Hall–Kier alpha value is -2.42. The zero-order valence-electron chi connectivity index (χ0n) is 19.7. The third-order valence-corrected chi connectivity index (χ3v) is 6.39. The van der Waals surface area contributed by atoms with Gasteiger partial charge in [-0.05, 0) is 40.0 Å². The van der Waals surface area contributed by atoms with Gasteiger partial charge in [-0.2, -0.15) is 0 Å². The average Bonchev–Trinajstić information content (AvgIpc) is 3.00. The Morgan fingerprint density at radius 1 is 1.25 bits per heavy atom. The molecule has 2 aliphatic rings. The smallest absolute Gasteiger partial charge is 0.359 e. The van der Waals surface area contributed by atoms with Crippen molar-refractivity contribution in [1.29, 1.82) is 0 Å². The standard InChI is InChI=1S/C23H36N4O5/c1-16(2)32-13-9-12-27-20(28)19-18(21(29)31-4)24-15-26(19)14-23(27,3)22(30)25-17-10-7-5-6-8-11-17/h15-17H,5-14H2,1-4H3,(H,25,30)/t23-/m0/s1. The Balaban J connectivity index is 1.86. The number of methoxy groups -OCH3 is 1. The Morgan fingerprint density at radius 3 is 2.56 bits per heavy atom. The molecule has 0 bridgehead atoms. The number of nitrogens with zero attached hydrogens (tertiary/aromatic N) is 3. The second-order valence-electron chi connectivity index (χ2n) is 9.23. The van der Waals surface area contributed by atoms with Crippen molar-refractivity contribution in [2.24, 2.45) is 0 Å². The summed E-state index contributed by atoms with van der Waals surface area (Å²) in [6.07, 6.45) is 8.62. The highest BCUT2D eigenvalue weighted by Crippen LogP contribution is 2.30. The molecule has 9 nitrogen and oxygen atoms in total. The van der Waals surface area contributed by atoms with Crippen LogP contribution in [0.1, 0.15) is 86.7 Å². The predicted molar refractivity (Wildman–Crippen MR) is 118 cm³/mol. The molecule has 32 heavy (non-hydrogen) atoms. The summed E-state index contributed by atoms with van der Waals surface area (Å²) in [7, 11) is 1.26. The number of carbonyl (C=O) groups excluding carboxylic acids is 3. The maximum atomic E-state index is 13.6. The summed E-state index contributed by atoms with van der Waals surface area (Å²) in [6.45, 7) is 6.74. The predicted octanol–water partition coefficient (Wildman–Crippen LogP) is 2.54. The number of nitrogens with one attached hydrogen (secondary N) is 1. The van der Waals surface area contributed by atoms with Crippen LogP contribution in [0, 0.1) is 0 Å². The number of fused-ring (bicyclic) bond motifs is 1. The summed E-state index contributed by atoms with van der Waals surface area (Å²) in [5, 5.41) is 3.21. The van der Waals surface area contributed by atoms with E-state index in [2.05, 4.69) is 10.3 Å². The van der Waals surface area contributed by atoms with Crippen LogP contribution in [0.5, 0.6) is 0 Å². The molecule has 1 N–H and O–H groups in total. The first-order valence-electron chi connectivity index (χ1n) is 11.7. The monoisotopic (exact) mass is 448 g/mol. The first-order valence-corrected chi connectivity index (χ1v) is 11.7. The molecule has 178 valence electrons. The molecular weight excluding hydrogens is 412 g/mol. The van der Waals surface area contributed by atoms with Crippen LogP contribution in [0.4, 0.5) is 0 Å². The molecule has 1 atom stereocenters. The van der Waals surface area contributed by atoms with Crippen LogP contribution >= 0.6 is 0 Å². The average molecular weight is 449 g/mol. The third kappa shape index (κ3) is 5.14. The lowest BCUT2D eigenvalue weighted by atomic mass is 9.93. The normalized spacial score (nSPS) is 21.9. The lowest BCUT2D eigenvalue weighted by molar-refractivity contribution is -0.133. The number of carbonyl (C=O) groups is 3. The van der Waals surface area contributed by atoms with E-state index >= 15 is 0 Å². The lowest BCUT2D eigenvalue weighted by Crippen LogP contribution is -2.65. The van der Waals surface area contributed by atoms with Gasteiger partial charge in [-0.3, -0.25) is 9.59 Å². The molecule has 9 heteroatoms. The molecule has 0 saturated heterocycles.